The van der Waals surface area contributed by atoms with Gasteiger partial charge in [0.1, 0.15) is 4.90 Å². The second kappa shape index (κ2) is 7.08. The van der Waals surface area contributed by atoms with E-state index in [0.717, 1.165) is 18.6 Å². The highest BCUT2D eigenvalue weighted by molar-refractivity contribution is 7.92. The minimum absolute atomic E-state index is 0.0189. The first-order chi connectivity index (χ1) is 12.9. The van der Waals surface area contributed by atoms with E-state index in [1.165, 1.54) is 19.2 Å². The van der Waals surface area contributed by atoms with Crippen molar-refractivity contribution in [3.8, 4) is 0 Å². The van der Waals surface area contributed by atoms with Crippen molar-refractivity contribution >= 4 is 38.6 Å². The number of nitrogens with one attached hydrogen (secondary N) is 2. The Morgan fingerprint density at radius 3 is 2.48 bits per heavy atom. The maximum absolute atomic E-state index is 12.9. The van der Waals surface area contributed by atoms with Crippen LogP contribution in [-0.4, -0.2) is 44.8 Å². The molecule has 3 rings (SSSR count). The first kappa shape index (κ1) is 18.4. The van der Waals surface area contributed by atoms with Crippen LogP contribution in [0.2, 0.25) is 0 Å². The highest BCUT2D eigenvalue weighted by Crippen LogP contribution is 2.24. The van der Waals surface area contributed by atoms with Crippen molar-refractivity contribution in [1.82, 2.24) is 10.2 Å². The third-order valence-electron chi connectivity index (χ3n) is 3.79. The molecule has 10 heteroatoms. The lowest BCUT2D eigenvalue weighted by molar-refractivity contribution is 0.0583. The molecule has 0 radical (unpaired) electrons. The Balaban J connectivity index is 2.07. The highest BCUT2D eigenvalue weighted by Gasteiger charge is 2.25. The molecule has 0 spiro atoms. The van der Waals surface area contributed by atoms with Gasteiger partial charge in [-0.1, -0.05) is 0 Å². The zero-order chi connectivity index (χ0) is 19.6. The van der Waals surface area contributed by atoms with Gasteiger partial charge in [-0.2, -0.15) is 5.10 Å². The van der Waals surface area contributed by atoms with Gasteiger partial charge >= 0.3 is 11.9 Å². The van der Waals surface area contributed by atoms with E-state index in [9.17, 15) is 18.0 Å². The molecule has 140 valence electrons. The molecule has 0 atom stereocenters. The summed E-state index contributed by atoms with van der Waals surface area (Å²) in [5.41, 5.74) is 0.660. The number of fused-ring (bicyclic) bond motifs is 1. The van der Waals surface area contributed by atoms with E-state index < -0.39 is 26.9 Å². The molecular formula is C17H15N3O6S. The Kier molecular flexibility index (Phi) is 4.82. The summed E-state index contributed by atoms with van der Waals surface area (Å²) in [6.07, 6.45) is 1.60. The number of nitrogens with zero attached hydrogens (tertiary/aromatic N) is 1. The number of rotatable bonds is 5. The predicted molar refractivity (Wildman–Crippen MR) is 96.0 cm³/mol. The van der Waals surface area contributed by atoms with Gasteiger partial charge in [-0.3, -0.25) is 9.82 Å². The van der Waals surface area contributed by atoms with E-state index in [2.05, 4.69) is 24.4 Å². The van der Waals surface area contributed by atoms with E-state index in [1.54, 1.807) is 24.4 Å². The van der Waals surface area contributed by atoms with Gasteiger partial charge in [0.15, 0.2) is 0 Å². The highest BCUT2D eigenvalue weighted by atomic mass is 32.2. The van der Waals surface area contributed by atoms with Crippen molar-refractivity contribution in [3.05, 3.63) is 53.7 Å². The molecule has 0 aliphatic carbocycles. The fourth-order valence-electron chi connectivity index (χ4n) is 2.48. The van der Waals surface area contributed by atoms with Gasteiger partial charge in [0.25, 0.3) is 10.0 Å². The quantitative estimate of drug-likeness (QED) is 0.638. The molecule has 0 aliphatic rings. The molecule has 9 nitrogen and oxygen atoms in total. The van der Waals surface area contributed by atoms with Crippen LogP contribution >= 0.6 is 0 Å². The number of ether oxygens (including phenoxy) is 2. The van der Waals surface area contributed by atoms with Crippen LogP contribution in [0.3, 0.4) is 0 Å². The van der Waals surface area contributed by atoms with E-state index >= 15 is 0 Å². The second-order valence-electron chi connectivity index (χ2n) is 5.47. The second-order valence-corrected chi connectivity index (χ2v) is 7.12. The standard InChI is InChI=1S/C17H15N3O6S/c1-25-16(21)10-4-6-13(17(22)26-2)15(7-10)27(23,24)20-12-5-3-11-9-18-19-14(11)8-12/h3-9,20H,1-2H3,(H,18,19). The Morgan fingerprint density at radius 2 is 1.78 bits per heavy atom. The maximum Gasteiger partial charge on any atom is 0.339 e. The van der Waals surface area contributed by atoms with Crippen molar-refractivity contribution in [3.63, 3.8) is 0 Å². The summed E-state index contributed by atoms with van der Waals surface area (Å²) in [5, 5.41) is 7.41. The summed E-state index contributed by atoms with van der Waals surface area (Å²) in [5.74, 6) is -1.59. The molecule has 0 saturated heterocycles. The van der Waals surface area contributed by atoms with Crippen molar-refractivity contribution in [2.24, 2.45) is 0 Å². The van der Waals surface area contributed by atoms with Gasteiger partial charge in [0.2, 0.25) is 0 Å². The van der Waals surface area contributed by atoms with E-state index in [0.29, 0.717) is 5.52 Å². The number of hydrogen-bond donors (Lipinski definition) is 2. The van der Waals surface area contributed by atoms with Crippen LogP contribution in [0.25, 0.3) is 10.9 Å². The predicted octanol–water partition coefficient (Wildman–Crippen LogP) is 1.94. The van der Waals surface area contributed by atoms with Gasteiger partial charge in [-0.25, -0.2) is 18.0 Å². The number of carbonyl (C=O) groups is 2. The molecule has 1 aromatic heterocycles. The fraction of sp³-hybridized carbons (Fsp3) is 0.118. The van der Waals surface area contributed by atoms with Crippen LogP contribution in [0.15, 0.2) is 47.5 Å². The van der Waals surface area contributed by atoms with Crippen LogP contribution in [0, 0.1) is 0 Å². The SMILES string of the molecule is COC(=O)c1ccc(C(=O)OC)c(S(=O)(=O)Nc2ccc3cn[nH]c3c2)c1. The number of aromatic nitrogens is 2. The molecule has 3 aromatic rings. The molecule has 2 aromatic carbocycles. The van der Waals surface area contributed by atoms with Crippen molar-refractivity contribution < 1.29 is 27.5 Å². The Morgan fingerprint density at radius 1 is 1.04 bits per heavy atom. The average molecular weight is 389 g/mol. The monoisotopic (exact) mass is 389 g/mol. The number of methoxy groups -OCH3 is 2. The van der Waals surface area contributed by atoms with Crippen LogP contribution < -0.4 is 4.72 Å². The summed E-state index contributed by atoms with van der Waals surface area (Å²) >= 11 is 0. The molecule has 0 saturated carbocycles. The third-order valence-corrected chi connectivity index (χ3v) is 5.21. The summed E-state index contributed by atoms with van der Waals surface area (Å²) in [4.78, 5) is 23.3. The van der Waals surface area contributed by atoms with Crippen LogP contribution in [0.5, 0.6) is 0 Å². The number of benzene rings is 2. The summed E-state index contributed by atoms with van der Waals surface area (Å²) in [6, 6.07) is 8.34. The smallest absolute Gasteiger partial charge is 0.339 e. The Bertz CT molecular complexity index is 1140. The average Bonchev–Trinajstić information content (AvgIpc) is 3.13. The van der Waals surface area contributed by atoms with Crippen LogP contribution in [-0.2, 0) is 19.5 Å². The number of aromatic amines is 1. The Hall–Kier alpha value is -3.40. The van der Waals surface area contributed by atoms with Gasteiger partial charge in [-0.15, -0.1) is 0 Å². The van der Waals surface area contributed by atoms with Crippen LogP contribution in [0.4, 0.5) is 5.69 Å². The first-order valence-electron chi connectivity index (χ1n) is 7.62. The van der Waals surface area contributed by atoms with Gasteiger partial charge < -0.3 is 9.47 Å². The molecule has 0 unspecified atom stereocenters. The summed E-state index contributed by atoms with van der Waals surface area (Å²) < 4.78 is 37.4. The minimum Gasteiger partial charge on any atom is -0.465 e. The lowest BCUT2D eigenvalue weighted by atomic mass is 10.1. The largest absolute Gasteiger partial charge is 0.465 e. The van der Waals surface area contributed by atoms with Crippen molar-refractivity contribution in [1.29, 1.82) is 0 Å². The number of carbonyl (C=O) groups excluding carboxylic acids is 2. The van der Waals surface area contributed by atoms with Gasteiger partial charge in [0.05, 0.1) is 42.7 Å². The number of hydrogen-bond acceptors (Lipinski definition) is 7. The lowest BCUT2D eigenvalue weighted by Crippen LogP contribution is -2.18. The number of anilines is 1. The molecular weight excluding hydrogens is 374 g/mol. The summed E-state index contributed by atoms with van der Waals surface area (Å²) in [6.45, 7) is 0. The molecule has 0 aliphatic heterocycles. The van der Waals surface area contributed by atoms with Crippen molar-refractivity contribution in [2.45, 2.75) is 4.90 Å². The fourth-order valence-corrected chi connectivity index (χ4v) is 3.75. The normalized spacial score (nSPS) is 11.2. The molecule has 0 bridgehead atoms. The number of sulfonamides is 1. The molecule has 0 amide bonds. The first-order valence-corrected chi connectivity index (χ1v) is 9.10. The van der Waals surface area contributed by atoms with E-state index in [-0.39, 0.29) is 16.8 Å². The topological polar surface area (TPSA) is 127 Å². The molecule has 2 N–H and O–H groups in total. The minimum atomic E-state index is -4.21. The Labute approximate surface area is 154 Å². The number of H-pyrrole nitrogens is 1. The van der Waals surface area contributed by atoms with E-state index in [1.807, 2.05) is 0 Å². The zero-order valence-electron chi connectivity index (χ0n) is 14.3. The van der Waals surface area contributed by atoms with Crippen LogP contribution in [0.1, 0.15) is 20.7 Å². The maximum atomic E-state index is 12.9. The molecule has 0 fully saturated rings. The van der Waals surface area contributed by atoms with Crippen molar-refractivity contribution in [2.75, 3.05) is 18.9 Å². The van der Waals surface area contributed by atoms with E-state index in [4.69, 9.17) is 0 Å². The lowest BCUT2D eigenvalue weighted by Gasteiger charge is -2.12. The van der Waals surface area contributed by atoms with Gasteiger partial charge in [-0.05, 0) is 36.4 Å². The summed E-state index contributed by atoms with van der Waals surface area (Å²) in [7, 11) is -1.91. The molecule has 1 heterocycles. The molecule has 27 heavy (non-hydrogen) atoms. The third kappa shape index (κ3) is 3.60. The van der Waals surface area contributed by atoms with Gasteiger partial charge in [0, 0.05) is 5.39 Å². The zero-order valence-corrected chi connectivity index (χ0v) is 15.2. The number of esters is 2.